The van der Waals surface area contributed by atoms with Crippen molar-refractivity contribution >= 4 is 28.6 Å². The molecule has 0 fully saturated rings. The van der Waals surface area contributed by atoms with Gasteiger partial charge < -0.3 is 0 Å². The van der Waals surface area contributed by atoms with E-state index < -0.39 is 0 Å². The molecule has 29 heavy (non-hydrogen) atoms. The second kappa shape index (κ2) is 7.84. The van der Waals surface area contributed by atoms with Gasteiger partial charge in [-0.2, -0.15) is 0 Å². The summed E-state index contributed by atoms with van der Waals surface area (Å²) in [5, 5.41) is 8.89. The van der Waals surface area contributed by atoms with Gasteiger partial charge in [0.05, 0.1) is 16.9 Å². The van der Waals surface area contributed by atoms with Crippen molar-refractivity contribution in [2.24, 2.45) is 10.4 Å². The van der Waals surface area contributed by atoms with Gasteiger partial charge in [-0.1, -0.05) is 86.6 Å². The van der Waals surface area contributed by atoms with Crippen molar-refractivity contribution in [3.8, 4) is 0 Å². The van der Waals surface area contributed by atoms with Crippen molar-refractivity contribution in [1.29, 1.82) is 0 Å². The fourth-order valence-corrected chi connectivity index (χ4v) is 3.29. The van der Waals surface area contributed by atoms with Crippen LogP contribution in [0.25, 0.3) is 16.7 Å². The van der Waals surface area contributed by atoms with Crippen LogP contribution in [0.3, 0.4) is 0 Å². The minimum absolute atomic E-state index is 0.156. The molecule has 4 aromatic rings. The van der Waals surface area contributed by atoms with Crippen LogP contribution in [0.4, 0.5) is 5.69 Å². The number of hydrogen-bond donors (Lipinski definition) is 0. The molecular weight excluding hydrogens is 356 g/mol. The van der Waals surface area contributed by atoms with E-state index in [0.717, 1.165) is 33.6 Å². The van der Waals surface area contributed by atoms with E-state index >= 15 is 0 Å². The summed E-state index contributed by atoms with van der Waals surface area (Å²) >= 11 is 0. The molecule has 4 nitrogen and oxygen atoms in total. The SMILES string of the molecule is CC(C)(C)/C(C=Nc1ccccc1)=C(/c1ccccc1)n1nnc2ccccc21. The van der Waals surface area contributed by atoms with Crippen molar-refractivity contribution in [3.05, 3.63) is 96.1 Å². The predicted molar refractivity (Wildman–Crippen MR) is 120 cm³/mol. The first-order chi connectivity index (χ1) is 14.0. The van der Waals surface area contributed by atoms with Gasteiger partial charge in [-0.3, -0.25) is 4.99 Å². The Kier molecular flexibility index (Phi) is 5.09. The van der Waals surface area contributed by atoms with Crippen molar-refractivity contribution < 1.29 is 0 Å². The van der Waals surface area contributed by atoms with E-state index in [1.807, 2.05) is 83.7 Å². The van der Waals surface area contributed by atoms with E-state index in [1.54, 1.807) is 0 Å². The lowest BCUT2D eigenvalue weighted by Crippen LogP contribution is -2.17. The third-order valence-electron chi connectivity index (χ3n) is 4.77. The maximum absolute atomic E-state index is 4.76. The summed E-state index contributed by atoms with van der Waals surface area (Å²) in [4.78, 5) is 4.76. The number of para-hydroxylation sites is 2. The number of hydrogen-bond acceptors (Lipinski definition) is 3. The van der Waals surface area contributed by atoms with Gasteiger partial charge in [0, 0.05) is 17.4 Å². The highest BCUT2D eigenvalue weighted by Crippen LogP contribution is 2.34. The summed E-state index contributed by atoms with van der Waals surface area (Å²) in [5.41, 5.74) is 5.76. The standard InChI is InChI=1S/C25H24N4/c1-25(2,3)21(18-26-20-14-8-5-9-15-20)24(19-12-6-4-7-13-19)29-23-17-11-10-16-22(23)27-28-29/h4-18H,1-3H3/b24-21-,26-18?. The van der Waals surface area contributed by atoms with E-state index in [2.05, 4.69) is 43.2 Å². The fourth-order valence-electron chi connectivity index (χ4n) is 3.29. The van der Waals surface area contributed by atoms with Crippen LogP contribution in [-0.4, -0.2) is 21.2 Å². The molecular formula is C25H24N4. The minimum Gasteiger partial charge on any atom is -0.257 e. The minimum atomic E-state index is -0.156. The van der Waals surface area contributed by atoms with Crippen LogP contribution in [-0.2, 0) is 0 Å². The lowest BCUT2D eigenvalue weighted by molar-refractivity contribution is 0.525. The third kappa shape index (κ3) is 4.02. The molecule has 0 aliphatic rings. The van der Waals surface area contributed by atoms with Gasteiger partial charge in [0.2, 0.25) is 0 Å². The molecule has 0 unspecified atom stereocenters. The zero-order chi connectivity index (χ0) is 20.3. The summed E-state index contributed by atoms with van der Waals surface area (Å²) in [6.45, 7) is 6.59. The van der Waals surface area contributed by atoms with Gasteiger partial charge in [0.25, 0.3) is 0 Å². The van der Waals surface area contributed by atoms with Crippen molar-refractivity contribution in [2.45, 2.75) is 20.8 Å². The highest BCUT2D eigenvalue weighted by molar-refractivity contribution is 5.95. The van der Waals surface area contributed by atoms with Gasteiger partial charge in [-0.15, -0.1) is 5.10 Å². The summed E-state index contributed by atoms with van der Waals surface area (Å²) in [6, 6.07) is 28.3. The lowest BCUT2D eigenvalue weighted by Gasteiger charge is -2.24. The molecule has 0 aliphatic carbocycles. The molecule has 4 heteroatoms. The van der Waals surface area contributed by atoms with E-state index in [4.69, 9.17) is 4.99 Å². The molecule has 0 saturated heterocycles. The van der Waals surface area contributed by atoms with E-state index in [1.165, 1.54) is 0 Å². The van der Waals surface area contributed by atoms with Crippen LogP contribution in [0.15, 0.2) is 95.5 Å². The topological polar surface area (TPSA) is 43.1 Å². The largest absolute Gasteiger partial charge is 0.257 e. The van der Waals surface area contributed by atoms with Gasteiger partial charge in [-0.25, -0.2) is 4.68 Å². The monoisotopic (exact) mass is 380 g/mol. The Morgan fingerprint density at radius 1 is 0.828 bits per heavy atom. The van der Waals surface area contributed by atoms with Gasteiger partial charge in [-0.05, 0) is 29.7 Å². The maximum atomic E-state index is 4.76. The summed E-state index contributed by atoms with van der Waals surface area (Å²) in [6.07, 6.45) is 1.97. The fraction of sp³-hybridized carbons (Fsp3) is 0.160. The van der Waals surface area contributed by atoms with Gasteiger partial charge >= 0.3 is 0 Å². The Bertz CT molecular complexity index is 1160. The maximum Gasteiger partial charge on any atom is 0.113 e. The van der Waals surface area contributed by atoms with Gasteiger partial charge in [0.1, 0.15) is 5.52 Å². The first-order valence-corrected chi connectivity index (χ1v) is 9.74. The van der Waals surface area contributed by atoms with Crippen LogP contribution >= 0.6 is 0 Å². The Balaban J connectivity index is 2.00. The lowest BCUT2D eigenvalue weighted by atomic mass is 9.84. The summed E-state index contributed by atoms with van der Waals surface area (Å²) in [5.74, 6) is 0. The molecule has 0 amide bonds. The molecule has 0 saturated carbocycles. The van der Waals surface area contributed by atoms with Crippen LogP contribution in [0.5, 0.6) is 0 Å². The number of allylic oxidation sites excluding steroid dienone is 1. The van der Waals surface area contributed by atoms with Crippen LogP contribution in [0, 0.1) is 5.41 Å². The molecule has 144 valence electrons. The quantitative estimate of drug-likeness (QED) is 0.399. The molecule has 0 atom stereocenters. The molecule has 1 aromatic heterocycles. The Hall–Kier alpha value is -3.53. The average molecular weight is 380 g/mol. The highest BCUT2D eigenvalue weighted by atomic mass is 15.4. The van der Waals surface area contributed by atoms with Crippen molar-refractivity contribution in [3.63, 3.8) is 0 Å². The normalized spacial score (nSPS) is 13.1. The Morgan fingerprint density at radius 3 is 2.14 bits per heavy atom. The molecule has 0 radical (unpaired) electrons. The van der Waals surface area contributed by atoms with Gasteiger partial charge in [0.15, 0.2) is 0 Å². The first-order valence-electron chi connectivity index (χ1n) is 9.74. The molecule has 0 spiro atoms. The molecule has 0 N–H and O–H groups in total. The molecule has 3 aromatic carbocycles. The van der Waals surface area contributed by atoms with E-state index in [9.17, 15) is 0 Å². The molecule has 0 bridgehead atoms. The van der Waals surface area contributed by atoms with E-state index in [-0.39, 0.29) is 5.41 Å². The first kappa shape index (κ1) is 18.8. The summed E-state index contributed by atoms with van der Waals surface area (Å²) in [7, 11) is 0. The predicted octanol–water partition coefficient (Wildman–Crippen LogP) is 6.14. The number of aliphatic imine (C=N–C) groups is 1. The number of benzene rings is 3. The van der Waals surface area contributed by atoms with Crippen LogP contribution in [0.2, 0.25) is 0 Å². The zero-order valence-electron chi connectivity index (χ0n) is 16.9. The second-order valence-electron chi connectivity index (χ2n) is 7.96. The third-order valence-corrected chi connectivity index (χ3v) is 4.77. The number of aromatic nitrogens is 3. The molecule has 4 rings (SSSR count). The van der Waals surface area contributed by atoms with Crippen molar-refractivity contribution in [2.75, 3.05) is 0 Å². The Labute approximate surface area is 171 Å². The molecule has 1 heterocycles. The van der Waals surface area contributed by atoms with Crippen molar-refractivity contribution in [1.82, 2.24) is 15.0 Å². The highest BCUT2D eigenvalue weighted by Gasteiger charge is 2.24. The number of nitrogens with zero attached hydrogens (tertiary/aromatic N) is 4. The molecule has 0 aliphatic heterocycles. The van der Waals surface area contributed by atoms with E-state index in [0.29, 0.717) is 0 Å². The number of rotatable bonds is 4. The van der Waals surface area contributed by atoms with Crippen LogP contribution in [0.1, 0.15) is 26.3 Å². The number of fused-ring (bicyclic) bond motifs is 1. The zero-order valence-corrected chi connectivity index (χ0v) is 16.9. The second-order valence-corrected chi connectivity index (χ2v) is 7.96. The smallest absolute Gasteiger partial charge is 0.113 e. The Morgan fingerprint density at radius 2 is 1.45 bits per heavy atom. The van der Waals surface area contributed by atoms with Crippen LogP contribution < -0.4 is 0 Å². The summed E-state index contributed by atoms with van der Waals surface area (Å²) < 4.78 is 1.93. The average Bonchev–Trinajstić information content (AvgIpc) is 3.15.